The summed E-state index contributed by atoms with van der Waals surface area (Å²) >= 11 is 0. The van der Waals surface area contributed by atoms with Gasteiger partial charge in [-0.1, -0.05) is 30.3 Å². The van der Waals surface area contributed by atoms with Gasteiger partial charge in [0.25, 0.3) is 0 Å². The molecule has 110 valence electrons. The second-order valence-electron chi connectivity index (χ2n) is 5.59. The monoisotopic (exact) mass is 283 g/mol. The zero-order chi connectivity index (χ0) is 14.7. The molecule has 5 heteroatoms. The minimum atomic E-state index is 0.426. The van der Waals surface area contributed by atoms with E-state index in [2.05, 4.69) is 33.1 Å². The Morgan fingerprint density at radius 2 is 2.00 bits per heavy atom. The molecule has 1 aromatic heterocycles. The molecule has 2 unspecified atom stereocenters. The van der Waals surface area contributed by atoms with E-state index in [1.54, 1.807) is 0 Å². The maximum absolute atomic E-state index is 4.61. The van der Waals surface area contributed by atoms with Gasteiger partial charge in [0.05, 0.1) is 0 Å². The van der Waals surface area contributed by atoms with Crippen molar-refractivity contribution < 1.29 is 0 Å². The van der Waals surface area contributed by atoms with E-state index in [0.717, 1.165) is 35.9 Å². The van der Waals surface area contributed by atoms with E-state index in [1.165, 1.54) is 0 Å². The molecule has 2 aromatic rings. The number of rotatable bonds is 4. The Labute approximate surface area is 125 Å². The van der Waals surface area contributed by atoms with Crippen LogP contribution in [0.25, 0.3) is 11.4 Å². The number of hydrogen-bond donors (Lipinski definition) is 3. The Morgan fingerprint density at radius 1 is 1.19 bits per heavy atom. The molecule has 1 fully saturated rings. The van der Waals surface area contributed by atoms with Crippen LogP contribution in [-0.2, 0) is 0 Å². The zero-order valence-electron chi connectivity index (χ0n) is 12.4. The Kier molecular flexibility index (Phi) is 4.13. The van der Waals surface area contributed by atoms with Crippen molar-refractivity contribution in [3.8, 4) is 11.4 Å². The third kappa shape index (κ3) is 3.56. The second kappa shape index (κ2) is 6.20. The third-order valence-corrected chi connectivity index (χ3v) is 3.59. The first-order valence-corrected chi connectivity index (χ1v) is 7.37. The first-order chi connectivity index (χ1) is 10.2. The van der Waals surface area contributed by atoms with E-state index in [1.807, 2.05) is 43.3 Å². The van der Waals surface area contributed by atoms with Crippen molar-refractivity contribution in [1.82, 2.24) is 20.8 Å². The summed E-state index contributed by atoms with van der Waals surface area (Å²) in [4.78, 5) is 9.13. The van der Waals surface area contributed by atoms with Gasteiger partial charge in [0.1, 0.15) is 5.82 Å². The Hall–Kier alpha value is -1.98. The van der Waals surface area contributed by atoms with Crippen LogP contribution in [0.5, 0.6) is 0 Å². The van der Waals surface area contributed by atoms with Gasteiger partial charge in [-0.15, -0.1) is 0 Å². The minimum Gasteiger partial charge on any atom is -0.368 e. The quantitative estimate of drug-likeness (QED) is 0.802. The summed E-state index contributed by atoms with van der Waals surface area (Å²) in [6.45, 7) is 5.02. The summed E-state index contributed by atoms with van der Waals surface area (Å²) in [6.07, 6.45) is 1.11. The number of anilines is 1. The lowest BCUT2D eigenvalue weighted by Crippen LogP contribution is -2.36. The van der Waals surface area contributed by atoms with E-state index < -0.39 is 0 Å². The summed E-state index contributed by atoms with van der Waals surface area (Å²) in [5, 5.41) is 3.40. The molecule has 1 aromatic carbocycles. The smallest absolute Gasteiger partial charge is 0.161 e. The highest BCUT2D eigenvalue weighted by atomic mass is 15.4. The van der Waals surface area contributed by atoms with E-state index in [0.29, 0.717) is 12.1 Å². The van der Waals surface area contributed by atoms with Crippen molar-refractivity contribution in [3.63, 3.8) is 0 Å². The number of benzene rings is 1. The van der Waals surface area contributed by atoms with Gasteiger partial charge in [0.15, 0.2) is 5.82 Å². The predicted octanol–water partition coefficient (Wildman–Crippen LogP) is 2.12. The van der Waals surface area contributed by atoms with Gasteiger partial charge in [0, 0.05) is 36.0 Å². The van der Waals surface area contributed by atoms with Crippen LogP contribution in [0.4, 0.5) is 5.82 Å². The minimum absolute atomic E-state index is 0.426. The molecule has 2 atom stereocenters. The first kappa shape index (κ1) is 14.0. The van der Waals surface area contributed by atoms with Crippen LogP contribution in [0.1, 0.15) is 19.0 Å². The Morgan fingerprint density at radius 3 is 2.71 bits per heavy atom. The largest absolute Gasteiger partial charge is 0.368 e. The predicted molar refractivity (Wildman–Crippen MR) is 84.8 cm³/mol. The maximum Gasteiger partial charge on any atom is 0.161 e. The van der Waals surface area contributed by atoms with Crippen LogP contribution in [0.15, 0.2) is 36.4 Å². The van der Waals surface area contributed by atoms with Gasteiger partial charge in [-0.2, -0.15) is 0 Å². The van der Waals surface area contributed by atoms with Gasteiger partial charge in [0.2, 0.25) is 0 Å². The second-order valence-corrected chi connectivity index (χ2v) is 5.59. The van der Waals surface area contributed by atoms with Gasteiger partial charge in [-0.25, -0.2) is 9.97 Å². The fourth-order valence-corrected chi connectivity index (χ4v) is 2.54. The molecule has 1 aliphatic rings. The first-order valence-electron chi connectivity index (χ1n) is 7.37. The molecule has 21 heavy (non-hydrogen) atoms. The molecule has 0 aliphatic carbocycles. The molecule has 0 radical (unpaired) electrons. The average Bonchev–Trinajstić information content (AvgIpc) is 2.91. The van der Waals surface area contributed by atoms with Crippen molar-refractivity contribution in [2.45, 2.75) is 32.4 Å². The van der Waals surface area contributed by atoms with Crippen LogP contribution < -0.4 is 16.2 Å². The molecule has 3 rings (SSSR count). The van der Waals surface area contributed by atoms with Crippen LogP contribution in [-0.4, -0.2) is 28.6 Å². The molecular weight excluding hydrogens is 262 g/mol. The third-order valence-electron chi connectivity index (χ3n) is 3.59. The topological polar surface area (TPSA) is 61.9 Å². The molecule has 0 saturated carbocycles. The van der Waals surface area contributed by atoms with E-state index in [9.17, 15) is 0 Å². The lowest BCUT2D eigenvalue weighted by molar-refractivity contribution is 0.557. The Bertz CT molecular complexity index is 599. The molecular formula is C16H21N5. The van der Waals surface area contributed by atoms with Gasteiger partial charge in [-0.3, -0.25) is 10.9 Å². The average molecular weight is 283 g/mol. The van der Waals surface area contributed by atoms with E-state index in [-0.39, 0.29) is 0 Å². The van der Waals surface area contributed by atoms with Gasteiger partial charge >= 0.3 is 0 Å². The van der Waals surface area contributed by atoms with Crippen LogP contribution in [0, 0.1) is 6.92 Å². The SMILES string of the molecule is Cc1cc(NCC2CC(C)NN2)nc(-c2ccccc2)n1. The number of hydrazine groups is 1. The number of aromatic nitrogens is 2. The fourth-order valence-electron chi connectivity index (χ4n) is 2.54. The summed E-state index contributed by atoms with van der Waals surface area (Å²) in [7, 11) is 0. The summed E-state index contributed by atoms with van der Waals surface area (Å²) in [6, 6.07) is 13.0. The van der Waals surface area contributed by atoms with Crippen molar-refractivity contribution in [2.75, 3.05) is 11.9 Å². The number of hydrogen-bond acceptors (Lipinski definition) is 5. The van der Waals surface area contributed by atoms with Crippen molar-refractivity contribution in [3.05, 3.63) is 42.1 Å². The van der Waals surface area contributed by atoms with Gasteiger partial charge in [-0.05, 0) is 20.3 Å². The normalized spacial score (nSPS) is 21.4. The molecule has 0 spiro atoms. The number of nitrogens with one attached hydrogen (secondary N) is 3. The molecule has 3 N–H and O–H groups in total. The molecule has 2 heterocycles. The maximum atomic E-state index is 4.61. The molecule has 0 bridgehead atoms. The Balaban J connectivity index is 1.72. The highest BCUT2D eigenvalue weighted by molar-refractivity contribution is 5.57. The molecule has 1 aliphatic heterocycles. The van der Waals surface area contributed by atoms with Crippen LogP contribution in [0.3, 0.4) is 0 Å². The highest BCUT2D eigenvalue weighted by Gasteiger charge is 2.19. The van der Waals surface area contributed by atoms with Crippen molar-refractivity contribution in [1.29, 1.82) is 0 Å². The lowest BCUT2D eigenvalue weighted by atomic mass is 10.1. The van der Waals surface area contributed by atoms with Gasteiger partial charge < -0.3 is 5.32 Å². The standard InChI is InChI=1S/C16H21N5/c1-11-9-15(17-10-14-8-12(2)20-21-14)19-16(18-11)13-6-4-3-5-7-13/h3-7,9,12,14,20-21H,8,10H2,1-2H3,(H,17,18,19). The highest BCUT2D eigenvalue weighted by Crippen LogP contribution is 2.17. The number of nitrogens with zero attached hydrogens (tertiary/aromatic N) is 2. The molecule has 1 saturated heterocycles. The number of aryl methyl sites for hydroxylation is 1. The zero-order valence-corrected chi connectivity index (χ0v) is 12.4. The molecule has 0 amide bonds. The van der Waals surface area contributed by atoms with E-state index in [4.69, 9.17) is 0 Å². The van der Waals surface area contributed by atoms with E-state index >= 15 is 0 Å². The lowest BCUT2D eigenvalue weighted by Gasteiger charge is -2.12. The summed E-state index contributed by atoms with van der Waals surface area (Å²) < 4.78 is 0. The summed E-state index contributed by atoms with van der Waals surface area (Å²) in [5.41, 5.74) is 8.52. The molecule has 5 nitrogen and oxygen atoms in total. The van der Waals surface area contributed by atoms with Crippen LogP contribution in [0.2, 0.25) is 0 Å². The summed E-state index contributed by atoms with van der Waals surface area (Å²) in [5.74, 6) is 1.65. The van der Waals surface area contributed by atoms with Crippen molar-refractivity contribution in [2.24, 2.45) is 0 Å². The fraction of sp³-hybridized carbons (Fsp3) is 0.375. The van der Waals surface area contributed by atoms with Crippen molar-refractivity contribution >= 4 is 5.82 Å². The van der Waals surface area contributed by atoms with Crippen LogP contribution >= 0.6 is 0 Å².